The van der Waals surface area contributed by atoms with Gasteiger partial charge in [0.05, 0.1) is 42.7 Å². The highest BCUT2D eigenvalue weighted by molar-refractivity contribution is 5.99. The lowest BCUT2D eigenvalue weighted by Crippen LogP contribution is -2.60. The van der Waals surface area contributed by atoms with Crippen LogP contribution in [-0.4, -0.2) is 212 Å². The number of methoxy groups -OCH3 is 2. The average Bonchev–Trinajstić information content (AvgIpc) is 1.33. The number of ether oxygens (including phenoxy) is 2. The van der Waals surface area contributed by atoms with Gasteiger partial charge < -0.3 is 72.4 Å². The Morgan fingerprint density at radius 3 is 1.90 bits per heavy atom. The summed E-state index contributed by atoms with van der Waals surface area (Å²) in [4.78, 5) is 159. The molecule has 2 aromatic carbocycles. The third-order valence-electron chi connectivity index (χ3n) is 22.2. The maximum atomic E-state index is 14.7. The molecule has 2 unspecified atom stereocenters. The summed E-state index contributed by atoms with van der Waals surface area (Å²) in [5.74, 6) is -5.15. The number of likely N-dealkylation sites (N-methyl/N-ethyl adjacent to an activating group) is 2. The Morgan fingerprint density at radius 2 is 1.32 bits per heavy atom. The lowest BCUT2D eigenvalue weighted by Gasteiger charge is -2.44. The van der Waals surface area contributed by atoms with Gasteiger partial charge in [0.1, 0.15) is 24.2 Å². The monoisotopic (exact) mass is 1480 g/mol. The number of amides is 12. The number of nitrogens with one attached hydrogen (secondary N) is 8. The molecule has 3 aliphatic rings. The fourth-order valence-corrected chi connectivity index (χ4v) is 15.3. The van der Waals surface area contributed by atoms with Crippen molar-refractivity contribution >= 4 is 70.8 Å². The van der Waals surface area contributed by atoms with E-state index in [1.165, 1.54) is 7.11 Å². The van der Waals surface area contributed by atoms with E-state index in [9.17, 15) is 52.7 Å². The quantitative estimate of drug-likeness (QED) is 0.0298. The minimum atomic E-state index is -1.11. The highest BCUT2D eigenvalue weighted by atomic mass is 16.5. The van der Waals surface area contributed by atoms with Crippen molar-refractivity contribution in [2.75, 3.05) is 66.4 Å². The van der Waals surface area contributed by atoms with Gasteiger partial charge in [0, 0.05) is 89.9 Å². The molecular formula is C80H131N13O13. The van der Waals surface area contributed by atoms with Gasteiger partial charge in [0.15, 0.2) is 0 Å². The number of primary amides is 1. The zero-order valence-corrected chi connectivity index (χ0v) is 66.6. The molecular weight excluding hydrogens is 1350 g/mol. The van der Waals surface area contributed by atoms with Gasteiger partial charge in [-0.1, -0.05) is 138 Å². The molecule has 2 aromatic rings. The van der Waals surface area contributed by atoms with E-state index < -0.39 is 102 Å². The van der Waals surface area contributed by atoms with Crippen LogP contribution in [-0.2, 0) is 70.3 Å². The number of hydrogen-bond donors (Lipinski definition) is 9. The molecule has 106 heavy (non-hydrogen) atoms. The summed E-state index contributed by atoms with van der Waals surface area (Å²) in [5.41, 5.74) is 7.22. The van der Waals surface area contributed by atoms with E-state index in [1.54, 1.807) is 73.9 Å². The maximum absolute atomic E-state index is 14.7. The number of likely N-dealkylation sites (tertiary alicyclic amines) is 2. The van der Waals surface area contributed by atoms with Crippen LogP contribution in [0.5, 0.6) is 0 Å². The number of unbranched alkanes of at least 4 members (excludes halogenated alkanes) is 2. The van der Waals surface area contributed by atoms with Crippen LogP contribution in [0.15, 0.2) is 54.6 Å². The zero-order chi connectivity index (χ0) is 78.5. The first-order valence-electron chi connectivity index (χ1n) is 39.2. The Labute approximate surface area is 631 Å². The molecule has 594 valence electrons. The number of hydrogen-bond acceptors (Lipinski definition) is 14. The number of carbonyl (C=O) groups is 11. The smallest absolute Gasteiger partial charge is 0.312 e. The number of benzene rings is 2. The number of carbonyl (C=O) groups excluding carboxylic acids is 11. The van der Waals surface area contributed by atoms with Gasteiger partial charge in [0.25, 0.3) is 0 Å². The van der Waals surface area contributed by atoms with Crippen LogP contribution in [0.1, 0.15) is 203 Å². The minimum absolute atomic E-state index is 0.00207. The summed E-state index contributed by atoms with van der Waals surface area (Å²) in [6.07, 6.45) is 9.13. The van der Waals surface area contributed by atoms with Crippen molar-refractivity contribution in [2.24, 2.45) is 41.2 Å². The standard InChI is InChI=1S/C80H131N13O13/c1-17-20-24-44-90(13)69(52(8)9)77(102)88-68(51(6)7)78(103)91(14)70(53(10)18-2)63(105-15)49-66(96)93-45-26-31-62(93)71(106-16)55(12)72(97)86-61(48-57-28-22-21-23-29-57)74(99)82-43-38-56-32-34-59(35-33-56)84-75(100)60(30-25-42-83-79(81)104)85-76(101)67(50(4)5)87-64(94)36-37-65(95)92-46-39-58(47-54(92)11)73(98)89-80(19-3)40-27-41-80/h21-23,28-29,32-35,50-55,58,60-63,67-71H,17-20,24-27,30-31,36-49H2,1-16H3,(H,82,99)(H,84,100)(H,85,101)(H,86,97)(H,87,94)(H,88,102)(H,89,98)(H3,81,83,104)/t53-,54?,55+,58?,60-,61-,62-,63+,67-,68-,69-,70-,71+/m0/s1. The molecule has 2 saturated heterocycles. The fourth-order valence-electron chi connectivity index (χ4n) is 15.3. The summed E-state index contributed by atoms with van der Waals surface area (Å²) in [6, 6.07) is 9.90. The maximum Gasteiger partial charge on any atom is 0.312 e. The first-order chi connectivity index (χ1) is 50.3. The molecule has 10 N–H and O–H groups in total. The summed E-state index contributed by atoms with van der Waals surface area (Å²) in [7, 11) is 6.74. The van der Waals surface area contributed by atoms with E-state index in [0.717, 1.165) is 62.6 Å². The van der Waals surface area contributed by atoms with Crippen molar-refractivity contribution in [1.29, 1.82) is 0 Å². The van der Waals surface area contributed by atoms with E-state index >= 15 is 0 Å². The second-order valence-electron chi connectivity index (χ2n) is 31.1. The molecule has 2 heterocycles. The number of anilines is 1. The lowest BCUT2D eigenvalue weighted by atomic mass is 9.74. The second-order valence-corrected chi connectivity index (χ2v) is 31.1. The molecule has 0 bridgehead atoms. The Kier molecular flexibility index (Phi) is 36.9. The van der Waals surface area contributed by atoms with Gasteiger partial charge in [-0.05, 0) is 144 Å². The van der Waals surface area contributed by atoms with E-state index in [2.05, 4.69) is 61.3 Å². The van der Waals surface area contributed by atoms with Gasteiger partial charge in [-0.3, -0.25) is 52.8 Å². The zero-order valence-electron chi connectivity index (χ0n) is 66.6. The second kappa shape index (κ2) is 43.9. The molecule has 1 aliphatic carbocycles. The van der Waals surface area contributed by atoms with Crippen molar-refractivity contribution < 1.29 is 62.2 Å². The third-order valence-corrected chi connectivity index (χ3v) is 22.2. The van der Waals surface area contributed by atoms with Crippen LogP contribution >= 0.6 is 0 Å². The summed E-state index contributed by atoms with van der Waals surface area (Å²) < 4.78 is 12.3. The molecule has 13 atom stereocenters. The van der Waals surface area contributed by atoms with Gasteiger partial charge >= 0.3 is 6.03 Å². The molecule has 1 saturated carbocycles. The molecule has 3 fully saturated rings. The topological polar surface area (TPSA) is 341 Å². The van der Waals surface area contributed by atoms with Gasteiger partial charge in [-0.25, -0.2) is 4.79 Å². The van der Waals surface area contributed by atoms with Crippen LogP contribution < -0.4 is 48.3 Å². The largest absolute Gasteiger partial charge is 0.379 e. The Morgan fingerprint density at radius 1 is 0.651 bits per heavy atom. The van der Waals surface area contributed by atoms with Crippen molar-refractivity contribution in [3.63, 3.8) is 0 Å². The average molecular weight is 1480 g/mol. The highest BCUT2D eigenvalue weighted by Gasteiger charge is 2.45. The van der Waals surface area contributed by atoms with E-state index in [1.807, 2.05) is 85.8 Å². The molecule has 0 spiro atoms. The van der Waals surface area contributed by atoms with Crippen LogP contribution in [0.4, 0.5) is 10.5 Å². The predicted molar refractivity (Wildman–Crippen MR) is 411 cm³/mol. The van der Waals surface area contributed by atoms with Crippen molar-refractivity contribution in [1.82, 2.24) is 56.8 Å². The Bertz CT molecular complexity index is 3160. The summed E-state index contributed by atoms with van der Waals surface area (Å²) >= 11 is 0. The molecule has 26 heteroatoms. The van der Waals surface area contributed by atoms with E-state index in [4.69, 9.17) is 15.2 Å². The van der Waals surface area contributed by atoms with Gasteiger partial charge in [-0.15, -0.1) is 0 Å². The summed E-state index contributed by atoms with van der Waals surface area (Å²) in [5, 5.41) is 23.4. The molecule has 0 radical (unpaired) electrons. The Balaban J connectivity index is 1.19. The fraction of sp³-hybridized carbons (Fsp3) is 0.713. The molecule has 5 rings (SSSR count). The van der Waals surface area contributed by atoms with Crippen LogP contribution in [0, 0.1) is 35.5 Å². The number of piperidine rings is 1. The van der Waals surface area contributed by atoms with Crippen LogP contribution in [0.3, 0.4) is 0 Å². The molecule has 2 aliphatic heterocycles. The SMILES string of the molecule is CCCCCN(C)[C@H](C(=O)N[C@H](C(=O)N(C)[C@@H]([C@@H](C)CC)[C@@H](CC(=O)N1CCC[C@H]1[C@H](OC)[C@@H](C)C(=O)N[C@@H](Cc1ccccc1)C(=O)NCCc1ccc(NC(=O)[C@H](CCCNC(N)=O)NC(=O)[C@@H](NC(=O)CCC(=O)N2CCC(C(=O)NC3(CC)CCC3)CC2C)C(C)C)cc1)OC)C(C)C)C(C)C. The molecule has 26 nitrogen and oxygen atoms in total. The first-order valence-corrected chi connectivity index (χ1v) is 39.2. The van der Waals surface area contributed by atoms with Crippen LogP contribution in [0.2, 0.25) is 0 Å². The van der Waals surface area contributed by atoms with E-state index in [-0.39, 0.29) is 116 Å². The number of nitrogens with zero attached hydrogens (tertiary/aromatic N) is 4. The first kappa shape index (κ1) is 88.9. The lowest BCUT2D eigenvalue weighted by molar-refractivity contribution is -0.148. The highest BCUT2D eigenvalue weighted by Crippen LogP contribution is 2.36. The predicted octanol–water partition coefficient (Wildman–Crippen LogP) is 7.15. The molecule has 0 aromatic heterocycles. The van der Waals surface area contributed by atoms with E-state index in [0.29, 0.717) is 57.3 Å². The van der Waals surface area contributed by atoms with Gasteiger partial charge in [0.2, 0.25) is 59.1 Å². The summed E-state index contributed by atoms with van der Waals surface area (Å²) in [6.45, 7) is 25.2. The number of rotatable bonds is 44. The minimum Gasteiger partial charge on any atom is -0.379 e. The molecule has 12 amide bonds. The number of nitrogens with two attached hydrogens (primary N) is 1. The van der Waals surface area contributed by atoms with Crippen molar-refractivity contribution in [2.45, 2.75) is 271 Å². The Hall–Kier alpha value is -7.71. The normalized spacial score (nSPS) is 19.2. The van der Waals surface area contributed by atoms with Crippen LogP contribution in [0.25, 0.3) is 0 Å². The third kappa shape index (κ3) is 26.3. The number of urea groups is 1. The van der Waals surface area contributed by atoms with Gasteiger partial charge in [-0.2, -0.15) is 0 Å². The van der Waals surface area contributed by atoms with Crippen molar-refractivity contribution in [3.8, 4) is 0 Å². The van der Waals surface area contributed by atoms with Crippen molar-refractivity contribution in [3.05, 3.63) is 65.7 Å².